The minimum absolute atomic E-state index is 0.0983. The zero-order chi connectivity index (χ0) is 18.5. The van der Waals surface area contributed by atoms with Crippen LogP contribution in [0.25, 0.3) is 5.52 Å². The molecule has 2 heterocycles. The van der Waals surface area contributed by atoms with Crippen LogP contribution in [0.2, 0.25) is 0 Å². The molecule has 128 valence electrons. The first-order chi connectivity index (χ1) is 12.7. The Bertz CT molecular complexity index is 1050. The second-order valence-corrected chi connectivity index (χ2v) is 5.35. The molecule has 3 aromatic rings. The zero-order valence-electron chi connectivity index (χ0n) is 13.8. The Morgan fingerprint density at radius 3 is 2.73 bits per heavy atom. The van der Waals surface area contributed by atoms with Gasteiger partial charge in [-0.05, 0) is 24.3 Å². The highest BCUT2D eigenvalue weighted by atomic mass is 16.2. The minimum atomic E-state index is -0.501. The smallest absolute Gasteiger partial charge is 0.287 e. The number of fused-ring (bicyclic) bond motifs is 1. The van der Waals surface area contributed by atoms with Crippen molar-refractivity contribution in [2.24, 2.45) is 0 Å². The molecular formula is C19H15N5O2. The van der Waals surface area contributed by atoms with Gasteiger partial charge in [-0.25, -0.2) is 4.98 Å². The number of anilines is 1. The van der Waals surface area contributed by atoms with Crippen LogP contribution in [0.4, 0.5) is 5.69 Å². The van der Waals surface area contributed by atoms with Crippen molar-refractivity contribution >= 4 is 23.0 Å². The molecule has 0 saturated carbocycles. The maximum absolute atomic E-state index is 12.7. The number of pyridine rings is 1. The van der Waals surface area contributed by atoms with E-state index in [9.17, 15) is 9.59 Å². The molecule has 2 aromatic heterocycles. The van der Waals surface area contributed by atoms with Gasteiger partial charge in [-0.2, -0.15) is 5.26 Å². The third-order valence-electron chi connectivity index (χ3n) is 3.67. The first-order valence-corrected chi connectivity index (χ1v) is 7.82. The van der Waals surface area contributed by atoms with Crippen molar-refractivity contribution in [3.63, 3.8) is 0 Å². The number of aromatic nitrogens is 2. The van der Waals surface area contributed by atoms with Crippen LogP contribution in [0.5, 0.6) is 0 Å². The molecule has 7 nitrogen and oxygen atoms in total. The largest absolute Gasteiger partial charge is 0.346 e. The normalized spacial score (nSPS) is 10.1. The monoisotopic (exact) mass is 345 g/mol. The number of hydrogen-bond donors (Lipinski definition) is 2. The molecule has 0 spiro atoms. The van der Waals surface area contributed by atoms with E-state index < -0.39 is 11.8 Å². The number of para-hydroxylation sites is 1. The summed E-state index contributed by atoms with van der Waals surface area (Å²) >= 11 is 0. The van der Waals surface area contributed by atoms with Gasteiger partial charge in [-0.15, -0.1) is 6.58 Å². The summed E-state index contributed by atoms with van der Waals surface area (Å²) in [6, 6.07) is 13.9. The van der Waals surface area contributed by atoms with Crippen LogP contribution >= 0.6 is 0 Å². The summed E-state index contributed by atoms with van der Waals surface area (Å²) in [5.74, 6) is -0.817. The topological polar surface area (TPSA) is 99.3 Å². The number of carbonyl (C=O) groups excluding carboxylic acids is 2. The number of benzene rings is 1. The van der Waals surface area contributed by atoms with Crippen molar-refractivity contribution in [1.82, 2.24) is 14.7 Å². The number of amides is 2. The molecule has 0 saturated heterocycles. The predicted octanol–water partition coefficient (Wildman–Crippen LogP) is 2.37. The van der Waals surface area contributed by atoms with Crippen LogP contribution in [-0.2, 0) is 0 Å². The molecule has 0 aliphatic rings. The number of nitrogens with one attached hydrogen (secondary N) is 2. The van der Waals surface area contributed by atoms with E-state index in [1.165, 1.54) is 0 Å². The molecule has 2 N–H and O–H groups in total. The van der Waals surface area contributed by atoms with Crippen molar-refractivity contribution in [3.8, 4) is 6.07 Å². The number of rotatable bonds is 5. The van der Waals surface area contributed by atoms with Crippen molar-refractivity contribution in [2.75, 3.05) is 11.9 Å². The molecule has 0 aliphatic heterocycles. The summed E-state index contributed by atoms with van der Waals surface area (Å²) in [7, 11) is 0. The molecule has 0 aliphatic carbocycles. The van der Waals surface area contributed by atoms with Gasteiger partial charge in [0.1, 0.15) is 6.07 Å². The molecule has 0 radical (unpaired) electrons. The van der Waals surface area contributed by atoms with Crippen molar-refractivity contribution < 1.29 is 9.59 Å². The Balaban J connectivity index is 2.00. The van der Waals surface area contributed by atoms with Crippen LogP contribution < -0.4 is 10.6 Å². The fourth-order valence-corrected chi connectivity index (χ4v) is 2.48. The summed E-state index contributed by atoms with van der Waals surface area (Å²) in [4.78, 5) is 29.2. The van der Waals surface area contributed by atoms with Gasteiger partial charge in [0.2, 0.25) is 5.82 Å². The highest BCUT2D eigenvalue weighted by Crippen LogP contribution is 2.18. The van der Waals surface area contributed by atoms with Gasteiger partial charge in [0.05, 0.1) is 16.8 Å². The first kappa shape index (κ1) is 16.9. The number of nitrogens with zero attached hydrogens (tertiary/aromatic N) is 3. The van der Waals surface area contributed by atoms with Gasteiger partial charge in [0, 0.05) is 12.7 Å². The van der Waals surface area contributed by atoms with Gasteiger partial charge >= 0.3 is 0 Å². The van der Waals surface area contributed by atoms with E-state index in [0.29, 0.717) is 16.8 Å². The number of imidazole rings is 1. The Morgan fingerprint density at radius 2 is 1.96 bits per heavy atom. The van der Waals surface area contributed by atoms with Gasteiger partial charge < -0.3 is 10.6 Å². The lowest BCUT2D eigenvalue weighted by molar-refractivity contribution is 0.0947. The van der Waals surface area contributed by atoms with E-state index in [-0.39, 0.29) is 18.1 Å². The quantitative estimate of drug-likeness (QED) is 0.694. The summed E-state index contributed by atoms with van der Waals surface area (Å²) in [5, 5.41) is 14.5. The average Bonchev–Trinajstić information content (AvgIpc) is 3.06. The number of nitriles is 1. The second kappa shape index (κ2) is 7.32. The second-order valence-electron chi connectivity index (χ2n) is 5.35. The lowest BCUT2D eigenvalue weighted by Crippen LogP contribution is -2.25. The van der Waals surface area contributed by atoms with Crippen LogP contribution in [-0.4, -0.2) is 27.7 Å². The van der Waals surface area contributed by atoms with Crippen LogP contribution in [0.3, 0.4) is 0 Å². The SMILES string of the molecule is C=CCNC(=O)c1nc(C(=O)Nc2ccccc2C#N)c2ccccn12. The fraction of sp³-hybridized carbons (Fsp3) is 0.0526. The van der Waals surface area contributed by atoms with E-state index in [0.717, 1.165) is 0 Å². The van der Waals surface area contributed by atoms with Crippen molar-refractivity contribution in [1.29, 1.82) is 5.26 Å². The van der Waals surface area contributed by atoms with Gasteiger partial charge in [0.15, 0.2) is 5.69 Å². The number of carbonyl (C=O) groups is 2. The maximum Gasteiger partial charge on any atom is 0.287 e. The Kier molecular flexibility index (Phi) is 4.76. The van der Waals surface area contributed by atoms with Crippen LogP contribution in [0, 0.1) is 11.3 Å². The first-order valence-electron chi connectivity index (χ1n) is 7.82. The molecule has 1 aromatic carbocycles. The predicted molar refractivity (Wildman–Crippen MR) is 96.8 cm³/mol. The van der Waals surface area contributed by atoms with Gasteiger partial charge in [-0.3, -0.25) is 14.0 Å². The maximum atomic E-state index is 12.7. The lowest BCUT2D eigenvalue weighted by atomic mass is 10.2. The van der Waals surface area contributed by atoms with E-state index in [1.807, 2.05) is 6.07 Å². The van der Waals surface area contributed by atoms with Crippen molar-refractivity contribution in [2.45, 2.75) is 0 Å². The van der Waals surface area contributed by atoms with E-state index in [1.54, 1.807) is 59.1 Å². The Morgan fingerprint density at radius 1 is 1.19 bits per heavy atom. The Labute approximate surface area is 149 Å². The van der Waals surface area contributed by atoms with Gasteiger partial charge in [0.25, 0.3) is 11.8 Å². The van der Waals surface area contributed by atoms with Gasteiger partial charge in [-0.1, -0.05) is 24.3 Å². The molecular weight excluding hydrogens is 330 g/mol. The average molecular weight is 345 g/mol. The fourth-order valence-electron chi connectivity index (χ4n) is 2.48. The molecule has 0 fully saturated rings. The molecule has 0 unspecified atom stereocenters. The zero-order valence-corrected chi connectivity index (χ0v) is 13.8. The molecule has 0 bridgehead atoms. The van der Waals surface area contributed by atoms with E-state index in [2.05, 4.69) is 22.2 Å². The molecule has 2 amide bonds. The highest BCUT2D eigenvalue weighted by Gasteiger charge is 2.21. The summed E-state index contributed by atoms with van der Waals surface area (Å²) in [6.45, 7) is 3.84. The summed E-state index contributed by atoms with van der Waals surface area (Å²) in [5.41, 5.74) is 1.31. The third kappa shape index (κ3) is 3.16. The van der Waals surface area contributed by atoms with Crippen LogP contribution in [0.15, 0.2) is 61.3 Å². The molecule has 26 heavy (non-hydrogen) atoms. The lowest BCUT2D eigenvalue weighted by Gasteiger charge is -2.05. The van der Waals surface area contributed by atoms with E-state index in [4.69, 9.17) is 5.26 Å². The minimum Gasteiger partial charge on any atom is -0.346 e. The molecule has 0 atom stereocenters. The summed E-state index contributed by atoms with van der Waals surface area (Å²) in [6.07, 6.45) is 3.21. The highest BCUT2D eigenvalue weighted by molar-refractivity contribution is 6.09. The van der Waals surface area contributed by atoms with Crippen molar-refractivity contribution in [3.05, 3.63) is 78.4 Å². The number of hydrogen-bond acceptors (Lipinski definition) is 4. The van der Waals surface area contributed by atoms with E-state index >= 15 is 0 Å². The van der Waals surface area contributed by atoms with Crippen LogP contribution in [0.1, 0.15) is 26.7 Å². The molecule has 7 heteroatoms. The standard InChI is InChI=1S/C19H15N5O2/c1-2-10-21-19(26)17-23-16(15-9-5-6-11-24(15)17)18(25)22-14-8-4-3-7-13(14)12-20/h2-9,11H,1,10H2,(H,21,26)(H,22,25). The Hall–Kier alpha value is -3.92. The molecule has 3 rings (SSSR count). The third-order valence-corrected chi connectivity index (χ3v) is 3.67. The summed E-state index contributed by atoms with van der Waals surface area (Å²) < 4.78 is 1.55.